The van der Waals surface area contributed by atoms with E-state index in [0.717, 1.165) is 5.69 Å². The van der Waals surface area contributed by atoms with Gasteiger partial charge in [-0.25, -0.2) is 9.97 Å². The molecule has 0 atom stereocenters. The minimum Gasteiger partial charge on any atom is -0.279 e. The third kappa shape index (κ3) is 1.84. The fourth-order valence-corrected chi connectivity index (χ4v) is 1.88. The van der Waals surface area contributed by atoms with Gasteiger partial charge in [0.1, 0.15) is 18.3 Å². The predicted molar refractivity (Wildman–Crippen MR) is 67.4 cm³/mol. The van der Waals surface area contributed by atoms with Gasteiger partial charge in [0.15, 0.2) is 5.82 Å². The van der Waals surface area contributed by atoms with Crippen molar-refractivity contribution in [3.05, 3.63) is 54.2 Å². The Labute approximate surface area is 108 Å². The highest BCUT2D eigenvalue weighted by Gasteiger charge is 2.11. The Morgan fingerprint density at radius 2 is 2.00 bits per heavy atom. The number of para-hydroxylation sites is 1. The molecule has 6 heteroatoms. The Bertz CT molecular complexity index is 665. The lowest BCUT2D eigenvalue weighted by Crippen LogP contribution is -1.98. The van der Waals surface area contributed by atoms with Crippen LogP contribution in [0.25, 0.3) is 17.2 Å². The van der Waals surface area contributed by atoms with Gasteiger partial charge in [0, 0.05) is 6.20 Å². The van der Waals surface area contributed by atoms with Crippen LogP contribution in [0.5, 0.6) is 0 Å². The molecule has 0 spiro atoms. The largest absolute Gasteiger partial charge is 0.279 e. The van der Waals surface area contributed by atoms with E-state index in [1.165, 1.54) is 6.33 Å². The highest BCUT2D eigenvalue weighted by Crippen LogP contribution is 2.23. The number of aromatic nitrogens is 5. The second kappa shape index (κ2) is 4.54. The molecule has 0 saturated carbocycles. The summed E-state index contributed by atoms with van der Waals surface area (Å²) in [5.41, 5.74) is 1.51. The van der Waals surface area contributed by atoms with Crippen molar-refractivity contribution in [3.63, 3.8) is 0 Å². The zero-order chi connectivity index (χ0) is 12.4. The van der Waals surface area contributed by atoms with Gasteiger partial charge in [-0.15, -0.1) is 10.2 Å². The Morgan fingerprint density at radius 1 is 1.11 bits per heavy atom. The van der Waals surface area contributed by atoms with Crippen molar-refractivity contribution in [1.82, 2.24) is 24.7 Å². The van der Waals surface area contributed by atoms with Crippen molar-refractivity contribution < 1.29 is 0 Å². The molecule has 0 unspecified atom stereocenters. The average molecular weight is 258 g/mol. The van der Waals surface area contributed by atoms with E-state index in [0.29, 0.717) is 16.5 Å². The number of halogens is 1. The summed E-state index contributed by atoms with van der Waals surface area (Å²) in [5.74, 6) is 0.630. The van der Waals surface area contributed by atoms with Crippen LogP contribution in [0.4, 0.5) is 0 Å². The van der Waals surface area contributed by atoms with E-state index in [9.17, 15) is 0 Å². The normalized spacial score (nSPS) is 10.5. The molecule has 0 fully saturated rings. The van der Waals surface area contributed by atoms with Crippen molar-refractivity contribution in [3.8, 4) is 17.2 Å². The van der Waals surface area contributed by atoms with Crippen LogP contribution in [0.3, 0.4) is 0 Å². The zero-order valence-corrected chi connectivity index (χ0v) is 9.99. The molecule has 18 heavy (non-hydrogen) atoms. The maximum Gasteiger partial charge on any atom is 0.187 e. The van der Waals surface area contributed by atoms with Crippen molar-refractivity contribution in [2.75, 3.05) is 0 Å². The molecule has 0 bridgehead atoms. The van der Waals surface area contributed by atoms with E-state index in [4.69, 9.17) is 11.6 Å². The quantitative estimate of drug-likeness (QED) is 0.707. The first kappa shape index (κ1) is 10.9. The topological polar surface area (TPSA) is 56.5 Å². The van der Waals surface area contributed by atoms with Crippen molar-refractivity contribution in [2.24, 2.45) is 0 Å². The Hall–Kier alpha value is -2.27. The molecule has 0 aliphatic carbocycles. The van der Waals surface area contributed by atoms with Gasteiger partial charge < -0.3 is 0 Å². The predicted octanol–water partition coefficient (Wildman–Crippen LogP) is 2.38. The summed E-state index contributed by atoms with van der Waals surface area (Å²) in [6, 6.07) is 9.28. The van der Waals surface area contributed by atoms with Crippen molar-refractivity contribution in [1.29, 1.82) is 0 Å². The molecule has 1 aromatic carbocycles. The maximum atomic E-state index is 6.17. The van der Waals surface area contributed by atoms with Crippen LogP contribution in [0.2, 0.25) is 5.02 Å². The minimum absolute atomic E-state index is 0.630. The standard InChI is InChI=1S/C12H8ClN5/c13-9-3-1-2-4-11(9)18-8-16-17-12(18)10-5-6-14-7-15-10/h1-8H. The molecular weight excluding hydrogens is 250 g/mol. The Kier molecular flexibility index (Phi) is 2.74. The number of nitrogens with zero attached hydrogens (tertiary/aromatic N) is 5. The summed E-state index contributed by atoms with van der Waals surface area (Å²) >= 11 is 6.17. The Morgan fingerprint density at radius 3 is 2.78 bits per heavy atom. The van der Waals surface area contributed by atoms with E-state index in [1.807, 2.05) is 24.3 Å². The average Bonchev–Trinajstić information content (AvgIpc) is 2.89. The Balaban J connectivity index is 2.16. The van der Waals surface area contributed by atoms with Crippen molar-refractivity contribution in [2.45, 2.75) is 0 Å². The number of rotatable bonds is 2. The fourth-order valence-electron chi connectivity index (χ4n) is 1.66. The van der Waals surface area contributed by atoms with Crippen LogP contribution >= 0.6 is 11.6 Å². The minimum atomic E-state index is 0.630. The van der Waals surface area contributed by atoms with Crippen molar-refractivity contribution >= 4 is 11.6 Å². The summed E-state index contributed by atoms with van der Waals surface area (Å²) in [7, 11) is 0. The van der Waals surface area contributed by atoms with E-state index < -0.39 is 0 Å². The summed E-state index contributed by atoms with van der Waals surface area (Å²) in [4.78, 5) is 8.04. The lowest BCUT2D eigenvalue weighted by atomic mass is 10.3. The van der Waals surface area contributed by atoms with Gasteiger partial charge >= 0.3 is 0 Å². The summed E-state index contributed by atoms with van der Waals surface area (Å²) < 4.78 is 1.80. The summed E-state index contributed by atoms with van der Waals surface area (Å²) in [5, 5.41) is 8.61. The van der Waals surface area contributed by atoms with Gasteiger partial charge in [0.25, 0.3) is 0 Å². The molecule has 3 aromatic rings. The number of hydrogen-bond donors (Lipinski definition) is 0. The molecule has 88 valence electrons. The van der Waals surface area contributed by atoms with Crippen LogP contribution < -0.4 is 0 Å². The monoisotopic (exact) mass is 257 g/mol. The zero-order valence-electron chi connectivity index (χ0n) is 9.23. The lowest BCUT2D eigenvalue weighted by molar-refractivity contribution is 1.04. The van der Waals surface area contributed by atoms with Gasteiger partial charge in [0.05, 0.1) is 10.7 Å². The molecule has 2 heterocycles. The maximum absolute atomic E-state index is 6.17. The molecule has 0 saturated heterocycles. The van der Waals surface area contributed by atoms with Crippen LogP contribution in [-0.4, -0.2) is 24.7 Å². The molecule has 0 amide bonds. The molecule has 0 radical (unpaired) electrons. The smallest absolute Gasteiger partial charge is 0.187 e. The summed E-state index contributed by atoms with van der Waals surface area (Å²) in [6.07, 6.45) is 4.74. The first-order valence-corrected chi connectivity index (χ1v) is 5.65. The number of benzene rings is 1. The summed E-state index contributed by atoms with van der Waals surface area (Å²) in [6.45, 7) is 0. The van der Waals surface area contributed by atoms with Gasteiger partial charge in [-0.3, -0.25) is 4.57 Å². The fraction of sp³-hybridized carbons (Fsp3) is 0. The van der Waals surface area contributed by atoms with Gasteiger partial charge in [0.2, 0.25) is 0 Å². The van der Waals surface area contributed by atoms with Crippen LogP contribution in [-0.2, 0) is 0 Å². The second-order valence-electron chi connectivity index (χ2n) is 3.57. The molecule has 0 N–H and O–H groups in total. The number of hydrogen-bond acceptors (Lipinski definition) is 4. The van der Waals surface area contributed by atoms with Crippen LogP contribution in [0.15, 0.2) is 49.2 Å². The van der Waals surface area contributed by atoms with Crippen LogP contribution in [0, 0.1) is 0 Å². The first-order valence-electron chi connectivity index (χ1n) is 5.27. The highest BCUT2D eigenvalue weighted by molar-refractivity contribution is 6.32. The van der Waals surface area contributed by atoms with E-state index >= 15 is 0 Å². The molecule has 0 aliphatic heterocycles. The highest BCUT2D eigenvalue weighted by atomic mass is 35.5. The second-order valence-corrected chi connectivity index (χ2v) is 3.98. The van der Waals surface area contributed by atoms with Gasteiger partial charge in [-0.2, -0.15) is 0 Å². The molecule has 3 rings (SSSR count). The molecule has 5 nitrogen and oxygen atoms in total. The molecular formula is C12H8ClN5. The lowest BCUT2D eigenvalue weighted by Gasteiger charge is -2.07. The van der Waals surface area contributed by atoms with Gasteiger partial charge in [-0.1, -0.05) is 23.7 Å². The molecule has 0 aliphatic rings. The van der Waals surface area contributed by atoms with E-state index in [2.05, 4.69) is 20.2 Å². The van der Waals surface area contributed by atoms with E-state index in [1.54, 1.807) is 23.2 Å². The first-order chi connectivity index (χ1) is 8.86. The third-order valence-corrected chi connectivity index (χ3v) is 2.79. The van der Waals surface area contributed by atoms with Gasteiger partial charge in [-0.05, 0) is 18.2 Å². The van der Waals surface area contributed by atoms with Crippen LogP contribution in [0.1, 0.15) is 0 Å². The molecule has 2 aromatic heterocycles. The SMILES string of the molecule is Clc1ccccc1-n1cnnc1-c1ccncn1. The van der Waals surface area contributed by atoms with E-state index in [-0.39, 0.29) is 0 Å². The third-order valence-electron chi connectivity index (χ3n) is 2.47.